The van der Waals surface area contributed by atoms with E-state index in [1.165, 1.54) is 0 Å². The van der Waals surface area contributed by atoms with Gasteiger partial charge in [-0.25, -0.2) is 10.8 Å². The summed E-state index contributed by atoms with van der Waals surface area (Å²) in [5.74, 6) is 5.47. The minimum absolute atomic E-state index is 0.324. The largest absolute Gasteiger partial charge is 0.378 e. The Hall–Kier alpha value is -1.66. The van der Waals surface area contributed by atoms with Crippen LogP contribution >= 0.6 is 0 Å². The van der Waals surface area contributed by atoms with Gasteiger partial charge in [-0.2, -0.15) is 0 Å². The summed E-state index contributed by atoms with van der Waals surface area (Å²) in [4.78, 5) is 17.8. The fourth-order valence-corrected chi connectivity index (χ4v) is 1.68. The highest BCUT2D eigenvalue weighted by Gasteiger charge is 2.18. The van der Waals surface area contributed by atoms with Crippen molar-refractivity contribution in [2.45, 2.75) is 0 Å². The predicted octanol–water partition coefficient (Wildman–Crippen LogP) is -0.478. The molecule has 0 saturated carbocycles. The summed E-state index contributed by atoms with van der Waals surface area (Å²) in [6, 6.07) is 3.43. The molecule has 1 aromatic heterocycles. The van der Waals surface area contributed by atoms with E-state index in [1.807, 2.05) is 4.90 Å². The third kappa shape index (κ3) is 2.12. The van der Waals surface area contributed by atoms with Crippen molar-refractivity contribution < 1.29 is 9.53 Å². The number of rotatable bonds is 2. The summed E-state index contributed by atoms with van der Waals surface area (Å²) in [5, 5.41) is 0. The second-order valence-electron chi connectivity index (χ2n) is 3.45. The summed E-state index contributed by atoms with van der Waals surface area (Å²) in [6.45, 7) is 2.78. The van der Waals surface area contributed by atoms with Crippen LogP contribution in [0.1, 0.15) is 10.4 Å². The highest BCUT2D eigenvalue weighted by molar-refractivity contribution is 5.98. The molecule has 16 heavy (non-hydrogen) atoms. The number of nitrogen functional groups attached to an aromatic ring is 1. The van der Waals surface area contributed by atoms with Crippen LogP contribution in [0.25, 0.3) is 0 Å². The number of carbonyl (C=O) groups is 1. The summed E-state index contributed by atoms with van der Waals surface area (Å²) >= 11 is 0. The van der Waals surface area contributed by atoms with Crippen molar-refractivity contribution in [1.29, 1.82) is 0 Å². The summed E-state index contributed by atoms with van der Waals surface area (Å²) in [6.07, 6.45) is 1.66. The highest BCUT2D eigenvalue weighted by atomic mass is 16.5. The average Bonchev–Trinajstić information content (AvgIpc) is 2.39. The zero-order valence-corrected chi connectivity index (χ0v) is 8.85. The summed E-state index contributed by atoms with van der Waals surface area (Å²) in [7, 11) is 0. The van der Waals surface area contributed by atoms with Crippen molar-refractivity contribution in [3.8, 4) is 0 Å². The number of anilines is 1. The van der Waals surface area contributed by atoms with E-state index in [1.54, 1.807) is 18.3 Å². The Morgan fingerprint density at radius 3 is 2.94 bits per heavy atom. The molecule has 2 heterocycles. The average molecular weight is 222 g/mol. The molecule has 0 spiro atoms. The molecule has 0 radical (unpaired) electrons. The van der Waals surface area contributed by atoms with E-state index in [0.717, 1.165) is 13.1 Å². The summed E-state index contributed by atoms with van der Waals surface area (Å²) < 4.78 is 5.25. The second-order valence-corrected chi connectivity index (χ2v) is 3.45. The van der Waals surface area contributed by atoms with Crippen LogP contribution in [-0.4, -0.2) is 37.2 Å². The molecule has 1 saturated heterocycles. The lowest BCUT2D eigenvalue weighted by molar-refractivity contribution is 0.0951. The number of hydrogen-bond donors (Lipinski definition) is 2. The Labute approximate surface area is 93.4 Å². The fourth-order valence-electron chi connectivity index (χ4n) is 1.68. The SMILES string of the molecule is NNC(=O)c1cccnc1N1CCOCC1. The van der Waals surface area contributed by atoms with Gasteiger partial charge in [0.2, 0.25) is 0 Å². The van der Waals surface area contributed by atoms with Crippen molar-refractivity contribution in [1.82, 2.24) is 10.4 Å². The van der Waals surface area contributed by atoms with E-state index >= 15 is 0 Å². The lowest BCUT2D eigenvalue weighted by Gasteiger charge is -2.28. The van der Waals surface area contributed by atoms with E-state index < -0.39 is 0 Å². The predicted molar refractivity (Wildman–Crippen MR) is 58.9 cm³/mol. The molecule has 0 bridgehead atoms. The van der Waals surface area contributed by atoms with Gasteiger partial charge in [0.15, 0.2) is 0 Å². The molecule has 1 amide bonds. The van der Waals surface area contributed by atoms with E-state index in [4.69, 9.17) is 10.6 Å². The van der Waals surface area contributed by atoms with Gasteiger partial charge >= 0.3 is 0 Å². The van der Waals surface area contributed by atoms with Gasteiger partial charge < -0.3 is 9.64 Å². The zero-order chi connectivity index (χ0) is 11.4. The maximum absolute atomic E-state index is 11.5. The number of carbonyl (C=O) groups excluding carboxylic acids is 1. The molecule has 3 N–H and O–H groups in total. The third-order valence-corrected chi connectivity index (χ3v) is 2.47. The van der Waals surface area contributed by atoms with Gasteiger partial charge in [-0.3, -0.25) is 10.2 Å². The Bertz CT molecular complexity index is 377. The Morgan fingerprint density at radius 2 is 2.25 bits per heavy atom. The van der Waals surface area contributed by atoms with Crippen molar-refractivity contribution in [3.63, 3.8) is 0 Å². The molecule has 0 unspecified atom stereocenters. The first-order chi connectivity index (χ1) is 7.83. The van der Waals surface area contributed by atoms with Crippen molar-refractivity contribution in [2.75, 3.05) is 31.2 Å². The van der Waals surface area contributed by atoms with Crippen LogP contribution in [0.2, 0.25) is 0 Å². The number of hydrogen-bond acceptors (Lipinski definition) is 5. The number of amides is 1. The van der Waals surface area contributed by atoms with Crippen molar-refractivity contribution >= 4 is 11.7 Å². The second kappa shape index (κ2) is 4.91. The van der Waals surface area contributed by atoms with E-state index in [2.05, 4.69) is 10.4 Å². The van der Waals surface area contributed by atoms with Gasteiger partial charge in [-0.05, 0) is 12.1 Å². The highest BCUT2D eigenvalue weighted by Crippen LogP contribution is 2.17. The number of ether oxygens (including phenoxy) is 1. The number of morpholine rings is 1. The first-order valence-corrected chi connectivity index (χ1v) is 5.11. The molecule has 86 valence electrons. The molecule has 0 atom stereocenters. The molecule has 1 aliphatic heterocycles. The number of hydrazine groups is 1. The van der Waals surface area contributed by atoms with Crippen LogP contribution < -0.4 is 16.2 Å². The maximum atomic E-state index is 11.5. The standard InChI is InChI=1S/C10H14N4O2/c11-13-10(15)8-2-1-3-12-9(8)14-4-6-16-7-5-14/h1-3H,4-7,11H2,(H,13,15). The quantitative estimate of drug-likeness (QED) is 0.401. The van der Waals surface area contributed by atoms with Crippen LogP contribution in [-0.2, 0) is 4.74 Å². The van der Waals surface area contributed by atoms with Crippen LogP contribution in [0.15, 0.2) is 18.3 Å². The topological polar surface area (TPSA) is 80.5 Å². The monoisotopic (exact) mass is 222 g/mol. The Morgan fingerprint density at radius 1 is 1.50 bits per heavy atom. The number of nitrogens with two attached hydrogens (primary N) is 1. The normalized spacial score (nSPS) is 15.9. The number of nitrogens with zero attached hydrogens (tertiary/aromatic N) is 2. The Kier molecular flexibility index (Phi) is 3.33. The molecule has 0 aromatic carbocycles. The minimum atomic E-state index is -0.324. The van der Waals surface area contributed by atoms with Crippen LogP contribution in [0.5, 0.6) is 0 Å². The number of aromatic nitrogens is 1. The summed E-state index contributed by atoms with van der Waals surface area (Å²) in [5.41, 5.74) is 2.62. The molecule has 1 aliphatic rings. The smallest absolute Gasteiger partial charge is 0.268 e. The first-order valence-electron chi connectivity index (χ1n) is 5.11. The number of nitrogens with one attached hydrogen (secondary N) is 1. The Balaban J connectivity index is 2.28. The molecular formula is C10H14N4O2. The van der Waals surface area contributed by atoms with Gasteiger partial charge in [0.25, 0.3) is 5.91 Å². The molecular weight excluding hydrogens is 208 g/mol. The lowest BCUT2D eigenvalue weighted by Crippen LogP contribution is -2.39. The molecule has 6 nitrogen and oxygen atoms in total. The van der Waals surface area contributed by atoms with E-state index in [0.29, 0.717) is 24.6 Å². The zero-order valence-electron chi connectivity index (χ0n) is 8.85. The molecule has 0 aliphatic carbocycles. The van der Waals surface area contributed by atoms with Gasteiger partial charge in [-0.15, -0.1) is 0 Å². The van der Waals surface area contributed by atoms with Crippen LogP contribution in [0.4, 0.5) is 5.82 Å². The van der Waals surface area contributed by atoms with Crippen molar-refractivity contribution in [2.24, 2.45) is 5.84 Å². The van der Waals surface area contributed by atoms with Crippen LogP contribution in [0, 0.1) is 0 Å². The fraction of sp³-hybridized carbons (Fsp3) is 0.400. The maximum Gasteiger partial charge on any atom is 0.268 e. The van der Waals surface area contributed by atoms with Gasteiger partial charge in [0.1, 0.15) is 5.82 Å². The van der Waals surface area contributed by atoms with Gasteiger partial charge in [0, 0.05) is 19.3 Å². The van der Waals surface area contributed by atoms with Gasteiger partial charge in [-0.1, -0.05) is 0 Å². The number of pyridine rings is 1. The first kappa shape index (κ1) is 10.8. The minimum Gasteiger partial charge on any atom is -0.378 e. The molecule has 1 aromatic rings. The van der Waals surface area contributed by atoms with E-state index in [9.17, 15) is 4.79 Å². The molecule has 2 rings (SSSR count). The van der Waals surface area contributed by atoms with Crippen molar-refractivity contribution in [3.05, 3.63) is 23.9 Å². The van der Waals surface area contributed by atoms with E-state index in [-0.39, 0.29) is 5.91 Å². The molecule has 1 fully saturated rings. The molecule has 6 heteroatoms. The van der Waals surface area contributed by atoms with Crippen LogP contribution in [0.3, 0.4) is 0 Å². The van der Waals surface area contributed by atoms with Gasteiger partial charge in [0.05, 0.1) is 18.8 Å². The third-order valence-electron chi connectivity index (χ3n) is 2.47. The lowest BCUT2D eigenvalue weighted by atomic mass is 10.2.